The molecule has 1 heterocycles. The summed E-state index contributed by atoms with van der Waals surface area (Å²) < 4.78 is 22.6. The monoisotopic (exact) mass is 252 g/mol. The lowest BCUT2D eigenvalue weighted by Gasteiger charge is -2.02. The summed E-state index contributed by atoms with van der Waals surface area (Å²) in [6.07, 6.45) is 1.26. The van der Waals surface area contributed by atoms with E-state index in [1.807, 2.05) is 41.8 Å². The fraction of sp³-hybridized carbons (Fsp3) is 0.167. The Balaban J connectivity index is 2.41. The van der Waals surface area contributed by atoms with Gasteiger partial charge in [-0.3, -0.25) is 0 Å². The number of benzene rings is 1. The van der Waals surface area contributed by atoms with Gasteiger partial charge in [0, 0.05) is 11.1 Å². The van der Waals surface area contributed by atoms with Gasteiger partial charge in [-0.2, -0.15) is 0 Å². The lowest BCUT2D eigenvalue weighted by atomic mass is 10.1. The van der Waals surface area contributed by atoms with Crippen LogP contribution in [0.5, 0.6) is 0 Å². The lowest BCUT2D eigenvalue weighted by molar-refractivity contribution is 0.601. The Hall–Kier alpha value is -1.13. The van der Waals surface area contributed by atoms with Crippen LogP contribution in [0.15, 0.2) is 41.8 Å². The van der Waals surface area contributed by atoms with E-state index in [1.165, 1.54) is 6.26 Å². The maximum absolute atomic E-state index is 11.3. The summed E-state index contributed by atoms with van der Waals surface area (Å²) in [5.74, 6) is 0.112. The van der Waals surface area contributed by atoms with Crippen molar-refractivity contribution in [3.63, 3.8) is 0 Å². The van der Waals surface area contributed by atoms with Crippen LogP contribution in [0.3, 0.4) is 0 Å². The fourth-order valence-electron chi connectivity index (χ4n) is 1.57. The lowest BCUT2D eigenvalue weighted by Crippen LogP contribution is -2.00. The SMILES string of the molecule is CS(=O)(=O)Cc1ccsc1-c1ccccc1. The van der Waals surface area contributed by atoms with Crippen LogP contribution in [0.1, 0.15) is 5.56 Å². The van der Waals surface area contributed by atoms with Crippen molar-refractivity contribution >= 4 is 21.2 Å². The minimum atomic E-state index is -2.97. The van der Waals surface area contributed by atoms with Gasteiger partial charge in [0.25, 0.3) is 0 Å². The molecule has 84 valence electrons. The smallest absolute Gasteiger partial charge is 0.151 e. The second-order valence-electron chi connectivity index (χ2n) is 3.71. The number of rotatable bonds is 3. The van der Waals surface area contributed by atoms with E-state index in [0.717, 1.165) is 16.0 Å². The first-order chi connectivity index (χ1) is 7.56. The first-order valence-electron chi connectivity index (χ1n) is 4.86. The minimum absolute atomic E-state index is 0.112. The van der Waals surface area contributed by atoms with Gasteiger partial charge in [0.2, 0.25) is 0 Å². The molecule has 2 aromatic rings. The van der Waals surface area contributed by atoms with E-state index in [1.54, 1.807) is 11.3 Å². The molecule has 0 atom stereocenters. The van der Waals surface area contributed by atoms with Gasteiger partial charge in [0.05, 0.1) is 5.75 Å². The van der Waals surface area contributed by atoms with Crippen molar-refractivity contribution in [2.45, 2.75) is 5.75 Å². The predicted octanol–water partition coefficient (Wildman–Crippen LogP) is 2.96. The molecular weight excluding hydrogens is 240 g/mol. The maximum Gasteiger partial charge on any atom is 0.151 e. The Morgan fingerprint density at radius 2 is 1.81 bits per heavy atom. The van der Waals surface area contributed by atoms with Crippen molar-refractivity contribution in [3.05, 3.63) is 47.3 Å². The largest absolute Gasteiger partial charge is 0.229 e. The van der Waals surface area contributed by atoms with Crippen molar-refractivity contribution in [1.82, 2.24) is 0 Å². The van der Waals surface area contributed by atoms with Crippen molar-refractivity contribution in [2.75, 3.05) is 6.26 Å². The van der Waals surface area contributed by atoms with Crippen LogP contribution < -0.4 is 0 Å². The summed E-state index contributed by atoms with van der Waals surface area (Å²) in [5.41, 5.74) is 1.97. The summed E-state index contributed by atoms with van der Waals surface area (Å²) in [7, 11) is -2.97. The van der Waals surface area contributed by atoms with Gasteiger partial charge in [-0.1, -0.05) is 30.3 Å². The van der Waals surface area contributed by atoms with Gasteiger partial charge in [-0.25, -0.2) is 8.42 Å². The molecule has 0 saturated heterocycles. The molecule has 0 unspecified atom stereocenters. The van der Waals surface area contributed by atoms with Crippen LogP contribution in [0.2, 0.25) is 0 Å². The zero-order chi connectivity index (χ0) is 11.6. The van der Waals surface area contributed by atoms with Gasteiger partial charge >= 0.3 is 0 Å². The van der Waals surface area contributed by atoms with E-state index < -0.39 is 9.84 Å². The topological polar surface area (TPSA) is 34.1 Å². The van der Waals surface area contributed by atoms with E-state index in [-0.39, 0.29) is 5.75 Å². The van der Waals surface area contributed by atoms with E-state index in [2.05, 4.69) is 0 Å². The van der Waals surface area contributed by atoms with Crippen molar-refractivity contribution in [1.29, 1.82) is 0 Å². The molecule has 0 N–H and O–H groups in total. The van der Waals surface area contributed by atoms with Crippen molar-refractivity contribution in [2.24, 2.45) is 0 Å². The Kier molecular flexibility index (Phi) is 3.12. The highest BCUT2D eigenvalue weighted by Crippen LogP contribution is 2.30. The molecule has 0 saturated carbocycles. The number of thiophene rings is 1. The molecule has 16 heavy (non-hydrogen) atoms. The van der Waals surface area contributed by atoms with Crippen molar-refractivity contribution in [3.8, 4) is 10.4 Å². The van der Waals surface area contributed by atoms with Crippen LogP contribution in [-0.4, -0.2) is 14.7 Å². The summed E-state index contributed by atoms with van der Waals surface area (Å²) in [6.45, 7) is 0. The molecule has 1 aromatic heterocycles. The molecule has 0 radical (unpaired) electrons. The Bertz CT molecular complexity index is 568. The van der Waals surface area contributed by atoms with E-state index in [9.17, 15) is 8.42 Å². The second-order valence-corrected chi connectivity index (χ2v) is 6.77. The molecule has 1 aromatic carbocycles. The number of sulfone groups is 1. The minimum Gasteiger partial charge on any atom is -0.229 e. The van der Waals surface area contributed by atoms with Gasteiger partial charge in [0.15, 0.2) is 9.84 Å². The summed E-state index contributed by atoms with van der Waals surface area (Å²) in [6, 6.07) is 11.7. The van der Waals surface area contributed by atoms with Gasteiger partial charge in [-0.05, 0) is 22.6 Å². The zero-order valence-corrected chi connectivity index (χ0v) is 10.5. The first kappa shape index (κ1) is 11.4. The molecule has 0 fully saturated rings. The summed E-state index contributed by atoms with van der Waals surface area (Å²) >= 11 is 1.58. The molecule has 2 nitrogen and oxygen atoms in total. The third-order valence-electron chi connectivity index (χ3n) is 2.20. The summed E-state index contributed by atoms with van der Waals surface area (Å²) in [4.78, 5) is 1.05. The normalized spacial score (nSPS) is 11.6. The van der Waals surface area contributed by atoms with Crippen LogP contribution in [0.4, 0.5) is 0 Å². The number of hydrogen-bond donors (Lipinski definition) is 0. The molecule has 0 amide bonds. The highest BCUT2D eigenvalue weighted by molar-refractivity contribution is 7.89. The van der Waals surface area contributed by atoms with E-state index >= 15 is 0 Å². The van der Waals surface area contributed by atoms with Crippen LogP contribution in [-0.2, 0) is 15.6 Å². The molecule has 0 aliphatic rings. The zero-order valence-electron chi connectivity index (χ0n) is 8.88. The second kappa shape index (κ2) is 4.39. The van der Waals surface area contributed by atoms with Gasteiger partial charge in [-0.15, -0.1) is 11.3 Å². The molecule has 0 bridgehead atoms. The maximum atomic E-state index is 11.3. The van der Waals surface area contributed by atoms with E-state index in [0.29, 0.717) is 0 Å². The fourth-order valence-corrected chi connectivity index (χ4v) is 3.40. The highest BCUT2D eigenvalue weighted by Gasteiger charge is 2.11. The van der Waals surface area contributed by atoms with Gasteiger partial charge < -0.3 is 0 Å². The molecule has 2 rings (SSSR count). The van der Waals surface area contributed by atoms with Gasteiger partial charge in [0.1, 0.15) is 0 Å². The van der Waals surface area contributed by atoms with Crippen LogP contribution in [0, 0.1) is 0 Å². The first-order valence-corrected chi connectivity index (χ1v) is 7.80. The Labute approximate surface area is 99.5 Å². The van der Waals surface area contributed by atoms with Crippen molar-refractivity contribution < 1.29 is 8.42 Å². The average molecular weight is 252 g/mol. The molecule has 0 spiro atoms. The molecule has 4 heteroatoms. The third-order valence-corrected chi connectivity index (χ3v) is 4.04. The molecule has 0 aliphatic carbocycles. The number of hydrogen-bond acceptors (Lipinski definition) is 3. The Morgan fingerprint density at radius 3 is 2.44 bits per heavy atom. The van der Waals surface area contributed by atoms with E-state index in [4.69, 9.17) is 0 Å². The third kappa shape index (κ3) is 2.71. The highest BCUT2D eigenvalue weighted by atomic mass is 32.2. The average Bonchev–Trinajstić information content (AvgIpc) is 2.64. The molecular formula is C12H12O2S2. The predicted molar refractivity (Wildman–Crippen MR) is 68.3 cm³/mol. The Morgan fingerprint density at radius 1 is 1.12 bits per heavy atom. The quantitative estimate of drug-likeness (QED) is 0.841. The van der Waals surface area contributed by atoms with Crippen LogP contribution >= 0.6 is 11.3 Å². The van der Waals surface area contributed by atoms with Crippen LogP contribution in [0.25, 0.3) is 10.4 Å². The standard InChI is InChI=1S/C12H12O2S2/c1-16(13,14)9-11-7-8-15-12(11)10-5-3-2-4-6-10/h2-8H,9H2,1H3. The molecule has 0 aliphatic heterocycles. The summed E-state index contributed by atoms with van der Waals surface area (Å²) in [5, 5.41) is 1.93.